The molecule has 0 amide bonds. The third kappa shape index (κ3) is 5.35. The van der Waals surface area contributed by atoms with Gasteiger partial charge in [-0.25, -0.2) is 4.39 Å². The Bertz CT molecular complexity index is 573. The van der Waals surface area contributed by atoms with Crippen LogP contribution in [0.3, 0.4) is 0 Å². The zero-order chi connectivity index (χ0) is 17.6. The lowest BCUT2D eigenvalue weighted by molar-refractivity contribution is 0.189. The van der Waals surface area contributed by atoms with Gasteiger partial charge in [0.25, 0.3) is 0 Å². The van der Waals surface area contributed by atoms with E-state index in [1.54, 1.807) is 0 Å². The second kappa shape index (κ2) is 8.54. The molecule has 2 N–H and O–H groups in total. The van der Waals surface area contributed by atoms with Gasteiger partial charge in [0, 0.05) is 29.9 Å². The van der Waals surface area contributed by atoms with Crippen molar-refractivity contribution in [3.05, 3.63) is 35.9 Å². The summed E-state index contributed by atoms with van der Waals surface area (Å²) in [7, 11) is 0. The van der Waals surface area contributed by atoms with E-state index < -0.39 is 6.17 Å². The van der Waals surface area contributed by atoms with E-state index in [0.717, 1.165) is 43.5 Å². The van der Waals surface area contributed by atoms with Crippen molar-refractivity contribution >= 4 is 5.71 Å². The van der Waals surface area contributed by atoms with E-state index in [-0.39, 0.29) is 6.04 Å². The predicted molar refractivity (Wildman–Crippen MR) is 99.7 cm³/mol. The van der Waals surface area contributed by atoms with E-state index in [9.17, 15) is 4.39 Å². The van der Waals surface area contributed by atoms with Crippen LogP contribution in [0.1, 0.15) is 58.8 Å². The maximum Gasteiger partial charge on any atom is 0.100 e. The summed E-state index contributed by atoms with van der Waals surface area (Å²) in [5.41, 5.74) is 10.1. The molecule has 0 spiro atoms. The van der Waals surface area contributed by atoms with Crippen LogP contribution < -0.4 is 10.9 Å². The Balaban J connectivity index is 1.70. The Hall–Kier alpha value is -1.78. The summed E-state index contributed by atoms with van der Waals surface area (Å²) in [6.45, 7) is 4.19. The molecule has 0 aromatic rings. The molecule has 0 aromatic carbocycles. The first-order valence-corrected chi connectivity index (χ1v) is 9.54. The highest BCUT2D eigenvalue weighted by Gasteiger charge is 2.24. The summed E-state index contributed by atoms with van der Waals surface area (Å²) in [5.74, 6) is 0.376. The molecule has 2 unspecified atom stereocenters. The van der Waals surface area contributed by atoms with Crippen LogP contribution in [0.25, 0.3) is 0 Å². The normalized spacial score (nSPS) is 34.1. The highest BCUT2D eigenvalue weighted by Crippen LogP contribution is 2.31. The summed E-state index contributed by atoms with van der Waals surface area (Å²) >= 11 is 0. The first kappa shape index (κ1) is 18.0. The van der Waals surface area contributed by atoms with Crippen molar-refractivity contribution in [1.82, 2.24) is 10.9 Å². The number of nitrogens with zero attached hydrogens (tertiary/aromatic N) is 1. The molecule has 0 saturated heterocycles. The van der Waals surface area contributed by atoms with Crippen LogP contribution in [0.15, 0.2) is 40.9 Å². The molecule has 0 bridgehead atoms. The lowest BCUT2D eigenvalue weighted by Crippen LogP contribution is -2.32. The Kier molecular flexibility index (Phi) is 6.16. The van der Waals surface area contributed by atoms with Crippen molar-refractivity contribution < 1.29 is 9.13 Å². The molecule has 0 radical (unpaired) electrons. The Morgan fingerprint density at radius 1 is 1.20 bits per heavy atom. The van der Waals surface area contributed by atoms with Crippen molar-refractivity contribution in [3.63, 3.8) is 0 Å². The number of allylic oxidation sites excluding steroid dienone is 2. The van der Waals surface area contributed by atoms with Crippen LogP contribution >= 0.6 is 0 Å². The van der Waals surface area contributed by atoms with E-state index in [0.29, 0.717) is 24.9 Å². The molecule has 4 nitrogen and oxygen atoms in total. The molecule has 3 rings (SSSR count). The number of aliphatic imine (C=N–C) groups is 1. The smallest absolute Gasteiger partial charge is 0.100 e. The second-order valence-corrected chi connectivity index (χ2v) is 7.47. The number of hydrazine groups is 1. The molecule has 1 saturated carbocycles. The number of nitrogens with one attached hydrogen (secondary N) is 2. The number of halogens is 1. The van der Waals surface area contributed by atoms with Gasteiger partial charge in [-0.1, -0.05) is 0 Å². The van der Waals surface area contributed by atoms with Gasteiger partial charge in [0.15, 0.2) is 0 Å². The molecule has 1 fully saturated rings. The minimum absolute atomic E-state index is 0.134. The molecular weight excluding hydrogens is 317 g/mol. The summed E-state index contributed by atoms with van der Waals surface area (Å²) in [6, 6.07) is 0.134. The van der Waals surface area contributed by atoms with E-state index in [2.05, 4.69) is 30.8 Å². The number of rotatable bonds is 4. The van der Waals surface area contributed by atoms with Gasteiger partial charge in [0.1, 0.15) is 6.17 Å². The molecular formula is C20H30FN3O. The van der Waals surface area contributed by atoms with Crippen LogP contribution in [0.2, 0.25) is 0 Å². The molecule has 25 heavy (non-hydrogen) atoms. The first-order chi connectivity index (χ1) is 12.1. The summed E-state index contributed by atoms with van der Waals surface area (Å²) < 4.78 is 19.0. The first-order valence-electron chi connectivity index (χ1n) is 9.54. The van der Waals surface area contributed by atoms with Crippen LogP contribution in [0.4, 0.5) is 4.39 Å². The fourth-order valence-corrected chi connectivity index (χ4v) is 3.72. The van der Waals surface area contributed by atoms with Crippen LogP contribution in [-0.2, 0) is 4.74 Å². The lowest BCUT2D eigenvalue weighted by atomic mass is 9.85. The monoisotopic (exact) mass is 347 g/mol. The van der Waals surface area contributed by atoms with Crippen LogP contribution in [0, 0.1) is 5.92 Å². The van der Waals surface area contributed by atoms with Crippen molar-refractivity contribution in [2.45, 2.75) is 77.1 Å². The molecule has 138 valence electrons. The Labute approximate surface area is 150 Å². The Morgan fingerprint density at radius 2 is 2.00 bits per heavy atom. The fraction of sp³-hybridized carbons (Fsp3) is 0.650. The standard InChI is InChI=1S/C20H30FN3O/c1-14-9-10-22-24-20(17-4-6-18(21)7-5-17)12-19(23-14)8-3-16-11-15(2)25-13-16/h9-10,12-15,17-18,22,24H,3-8,11H2,1-2H3/b10-9-,20-12?,23-19?. The van der Waals surface area contributed by atoms with Crippen molar-refractivity contribution in [2.75, 3.05) is 0 Å². The van der Waals surface area contributed by atoms with Gasteiger partial charge in [0.05, 0.1) is 18.4 Å². The minimum atomic E-state index is -0.634. The number of hydrogen-bond donors (Lipinski definition) is 2. The molecule has 1 aliphatic carbocycles. The van der Waals surface area contributed by atoms with Gasteiger partial charge in [-0.2, -0.15) is 0 Å². The van der Waals surface area contributed by atoms with Gasteiger partial charge in [0.2, 0.25) is 0 Å². The van der Waals surface area contributed by atoms with Gasteiger partial charge >= 0.3 is 0 Å². The van der Waals surface area contributed by atoms with Gasteiger partial charge in [-0.3, -0.25) is 4.99 Å². The molecule has 2 aliphatic heterocycles. The third-order valence-electron chi connectivity index (χ3n) is 5.18. The molecule has 0 aromatic heterocycles. The van der Waals surface area contributed by atoms with Gasteiger partial charge in [-0.15, -0.1) is 0 Å². The summed E-state index contributed by atoms with van der Waals surface area (Å²) in [5, 5.41) is 0. The van der Waals surface area contributed by atoms with E-state index in [1.165, 1.54) is 5.57 Å². The van der Waals surface area contributed by atoms with E-state index >= 15 is 0 Å². The molecule has 5 heteroatoms. The predicted octanol–water partition coefficient (Wildman–Crippen LogP) is 4.32. The number of ether oxygens (including phenoxy) is 1. The highest BCUT2D eigenvalue weighted by molar-refractivity contribution is 5.95. The maximum absolute atomic E-state index is 13.5. The number of hydrogen-bond acceptors (Lipinski definition) is 4. The summed E-state index contributed by atoms with van der Waals surface area (Å²) in [4.78, 5) is 4.87. The zero-order valence-electron chi connectivity index (χ0n) is 15.3. The average molecular weight is 347 g/mol. The van der Waals surface area contributed by atoms with E-state index in [4.69, 9.17) is 9.73 Å². The minimum Gasteiger partial charge on any atom is -0.498 e. The molecule has 2 atom stereocenters. The number of alkyl halides is 1. The topological polar surface area (TPSA) is 45.6 Å². The third-order valence-corrected chi connectivity index (χ3v) is 5.18. The van der Waals surface area contributed by atoms with Gasteiger partial charge < -0.3 is 15.6 Å². The summed E-state index contributed by atoms with van der Waals surface area (Å²) in [6.07, 6.45) is 13.7. The zero-order valence-corrected chi connectivity index (χ0v) is 15.3. The van der Waals surface area contributed by atoms with E-state index in [1.807, 2.05) is 18.5 Å². The quantitative estimate of drug-likeness (QED) is 0.796. The largest absolute Gasteiger partial charge is 0.498 e. The van der Waals surface area contributed by atoms with Crippen LogP contribution in [0.5, 0.6) is 0 Å². The fourth-order valence-electron chi connectivity index (χ4n) is 3.72. The Morgan fingerprint density at radius 3 is 2.72 bits per heavy atom. The molecule has 3 aliphatic rings. The van der Waals surface area contributed by atoms with Crippen LogP contribution in [-0.4, -0.2) is 24.0 Å². The molecule has 2 heterocycles. The average Bonchev–Trinajstić information content (AvgIpc) is 3.04. The van der Waals surface area contributed by atoms with Gasteiger partial charge in [-0.05, 0) is 70.1 Å². The highest BCUT2D eigenvalue weighted by atomic mass is 19.1. The SMILES string of the molecule is CC1/C=C\NNC(C2CCC(F)CC2)=CC(CCC2=COC(C)C2)=N1. The second-order valence-electron chi connectivity index (χ2n) is 7.47. The maximum atomic E-state index is 13.5. The lowest BCUT2D eigenvalue weighted by Gasteiger charge is -2.27. The van der Waals surface area contributed by atoms with Crippen molar-refractivity contribution in [3.8, 4) is 0 Å². The van der Waals surface area contributed by atoms with Crippen molar-refractivity contribution in [1.29, 1.82) is 0 Å². The van der Waals surface area contributed by atoms with Crippen molar-refractivity contribution in [2.24, 2.45) is 10.9 Å².